The fourth-order valence-corrected chi connectivity index (χ4v) is 7.69. The zero-order chi connectivity index (χ0) is 30.2. The summed E-state index contributed by atoms with van der Waals surface area (Å²) in [5.41, 5.74) is -0.250. The number of ether oxygens (including phenoxy) is 1. The van der Waals surface area contributed by atoms with Crippen molar-refractivity contribution in [1.82, 2.24) is 9.96 Å². The van der Waals surface area contributed by atoms with Crippen LogP contribution in [0.3, 0.4) is 0 Å². The van der Waals surface area contributed by atoms with E-state index in [9.17, 15) is 9.59 Å². The SMILES string of the molecule is CCCCN(CCCC)OC(=O)N(CC1(C)CC(N=C=O)CC(C)(C)C1)C(C)COCCC[Si](OC)(OC)OC. The van der Waals surface area contributed by atoms with E-state index in [0.717, 1.165) is 51.4 Å². The van der Waals surface area contributed by atoms with Crippen molar-refractivity contribution in [2.45, 2.75) is 111 Å². The number of carbonyl (C=O) groups is 1. The van der Waals surface area contributed by atoms with Gasteiger partial charge in [-0.25, -0.2) is 14.6 Å². The van der Waals surface area contributed by atoms with Crippen LogP contribution in [-0.4, -0.2) is 97.2 Å². The lowest BCUT2D eigenvalue weighted by Gasteiger charge is -2.47. The molecule has 1 aliphatic rings. The van der Waals surface area contributed by atoms with Crippen LogP contribution < -0.4 is 0 Å². The highest BCUT2D eigenvalue weighted by molar-refractivity contribution is 6.60. The van der Waals surface area contributed by atoms with Crippen LogP contribution in [0.25, 0.3) is 0 Å². The van der Waals surface area contributed by atoms with Gasteiger partial charge in [-0.05, 0) is 56.3 Å². The number of carbonyl (C=O) groups excluding carboxylic acids is 2. The molecule has 3 unspecified atom stereocenters. The van der Waals surface area contributed by atoms with Crippen LogP contribution in [0.2, 0.25) is 6.04 Å². The van der Waals surface area contributed by atoms with E-state index >= 15 is 0 Å². The molecule has 1 rings (SSSR count). The van der Waals surface area contributed by atoms with Crippen LogP contribution in [0.5, 0.6) is 0 Å². The predicted octanol–water partition coefficient (Wildman–Crippen LogP) is 5.84. The second kappa shape index (κ2) is 18.3. The Morgan fingerprint density at radius 3 is 2.15 bits per heavy atom. The molecular formula is C29H57N3O7Si. The Bertz CT molecular complexity index is 760. The first-order valence-corrected chi connectivity index (χ1v) is 16.9. The lowest BCUT2D eigenvalue weighted by molar-refractivity contribution is -0.122. The molecule has 0 heterocycles. The van der Waals surface area contributed by atoms with E-state index in [4.69, 9.17) is 22.9 Å². The molecule has 0 aromatic carbocycles. The van der Waals surface area contributed by atoms with Gasteiger partial charge in [0, 0.05) is 53.6 Å². The Hall–Kier alpha value is -1.33. The minimum Gasteiger partial charge on any atom is -0.379 e. The Labute approximate surface area is 244 Å². The number of unbranched alkanes of at least 4 members (excludes halogenated alkanes) is 2. The predicted molar refractivity (Wildman–Crippen MR) is 159 cm³/mol. The minimum absolute atomic E-state index is 0.0119. The third kappa shape index (κ3) is 12.7. The number of rotatable bonds is 20. The van der Waals surface area contributed by atoms with Crippen molar-refractivity contribution in [1.29, 1.82) is 0 Å². The number of amides is 1. The molecule has 40 heavy (non-hydrogen) atoms. The van der Waals surface area contributed by atoms with E-state index in [1.165, 1.54) is 0 Å². The molecule has 11 heteroatoms. The molecule has 0 spiro atoms. The number of hydrogen-bond acceptors (Lipinski definition) is 9. The summed E-state index contributed by atoms with van der Waals surface area (Å²) in [4.78, 5) is 36.7. The van der Waals surface area contributed by atoms with E-state index in [0.29, 0.717) is 38.9 Å². The molecule has 0 bridgehead atoms. The Morgan fingerprint density at radius 1 is 1.02 bits per heavy atom. The zero-order valence-electron chi connectivity index (χ0n) is 26.8. The van der Waals surface area contributed by atoms with Crippen molar-refractivity contribution in [2.24, 2.45) is 15.8 Å². The van der Waals surface area contributed by atoms with Gasteiger partial charge in [0.1, 0.15) is 0 Å². The highest BCUT2D eigenvalue weighted by Gasteiger charge is 2.44. The molecule has 1 saturated carbocycles. The molecule has 0 radical (unpaired) electrons. The summed E-state index contributed by atoms with van der Waals surface area (Å²) in [5, 5.41) is 1.81. The fourth-order valence-electron chi connectivity index (χ4n) is 6.00. The first kappa shape index (κ1) is 36.7. The molecular weight excluding hydrogens is 530 g/mol. The van der Waals surface area contributed by atoms with Crippen LogP contribution in [0, 0.1) is 10.8 Å². The number of aliphatic imine (C=N–C) groups is 1. The monoisotopic (exact) mass is 587 g/mol. The van der Waals surface area contributed by atoms with Crippen molar-refractivity contribution in [3.05, 3.63) is 0 Å². The van der Waals surface area contributed by atoms with Crippen LogP contribution in [0.1, 0.15) is 92.9 Å². The fraction of sp³-hybridized carbons (Fsp3) is 0.931. The van der Waals surface area contributed by atoms with E-state index < -0.39 is 8.80 Å². The smallest absolute Gasteiger partial charge is 0.379 e. The van der Waals surface area contributed by atoms with Gasteiger partial charge in [0.15, 0.2) is 0 Å². The first-order valence-electron chi connectivity index (χ1n) is 15.0. The van der Waals surface area contributed by atoms with Gasteiger partial charge in [-0.2, -0.15) is 0 Å². The number of hydrogen-bond donors (Lipinski definition) is 0. The van der Waals surface area contributed by atoms with Gasteiger partial charge in [-0.15, -0.1) is 5.06 Å². The van der Waals surface area contributed by atoms with Crippen molar-refractivity contribution < 1.29 is 32.4 Å². The van der Waals surface area contributed by atoms with Crippen molar-refractivity contribution in [3.8, 4) is 0 Å². The Kier molecular flexibility index (Phi) is 16.7. The third-order valence-electron chi connectivity index (χ3n) is 7.77. The van der Waals surface area contributed by atoms with Gasteiger partial charge in [0.2, 0.25) is 6.08 Å². The lowest BCUT2D eigenvalue weighted by Crippen LogP contribution is -2.51. The molecule has 0 N–H and O–H groups in total. The molecule has 10 nitrogen and oxygen atoms in total. The molecule has 0 saturated heterocycles. The molecule has 234 valence electrons. The summed E-state index contributed by atoms with van der Waals surface area (Å²) in [5.74, 6) is 0. The quantitative estimate of drug-likeness (QED) is 0.0576. The van der Waals surface area contributed by atoms with Crippen LogP contribution >= 0.6 is 0 Å². The number of nitrogens with zero attached hydrogens (tertiary/aromatic N) is 3. The lowest BCUT2D eigenvalue weighted by atomic mass is 9.62. The van der Waals surface area contributed by atoms with E-state index in [2.05, 4.69) is 39.6 Å². The average molecular weight is 588 g/mol. The average Bonchev–Trinajstić information content (AvgIpc) is 2.90. The summed E-state index contributed by atoms with van der Waals surface area (Å²) in [6, 6.07) is 0.329. The molecule has 1 amide bonds. The molecule has 1 aliphatic carbocycles. The summed E-state index contributed by atoms with van der Waals surface area (Å²) in [6.07, 6.45) is 8.56. The normalized spacial score (nSPS) is 21.6. The zero-order valence-corrected chi connectivity index (χ0v) is 27.8. The van der Waals surface area contributed by atoms with E-state index in [1.54, 1.807) is 27.4 Å². The maximum absolute atomic E-state index is 13.7. The third-order valence-corrected chi connectivity index (χ3v) is 10.6. The second-order valence-electron chi connectivity index (χ2n) is 12.4. The van der Waals surface area contributed by atoms with Gasteiger partial charge in [-0.3, -0.25) is 0 Å². The van der Waals surface area contributed by atoms with Gasteiger partial charge in [0.25, 0.3) is 0 Å². The van der Waals surface area contributed by atoms with Crippen LogP contribution in [0.4, 0.5) is 4.79 Å². The molecule has 3 atom stereocenters. The highest BCUT2D eigenvalue weighted by Crippen LogP contribution is 2.47. The number of hydroxylamine groups is 2. The van der Waals surface area contributed by atoms with E-state index in [1.807, 2.05) is 16.9 Å². The van der Waals surface area contributed by atoms with Crippen molar-refractivity contribution in [2.75, 3.05) is 54.2 Å². The molecule has 1 fully saturated rings. The van der Waals surface area contributed by atoms with Crippen LogP contribution in [-0.2, 0) is 27.6 Å². The van der Waals surface area contributed by atoms with Crippen molar-refractivity contribution >= 4 is 21.0 Å². The summed E-state index contributed by atoms with van der Waals surface area (Å²) in [7, 11) is 2.17. The molecule has 0 aromatic heterocycles. The number of isocyanates is 1. The summed E-state index contributed by atoms with van der Waals surface area (Å²) >= 11 is 0. The standard InChI is InChI=1S/C29H57N3O7Si/c1-10-12-15-31(16-13-11-2)39-27(34)32(23-29(6)20-26(30-24-33)19-28(4,5)22-29)25(3)21-38-17-14-18-40(35-7,36-8)37-9/h25-26H,10-23H2,1-9H3. The van der Waals surface area contributed by atoms with Gasteiger partial charge in [0.05, 0.1) is 18.7 Å². The van der Waals surface area contributed by atoms with Gasteiger partial charge in [-0.1, -0.05) is 47.5 Å². The van der Waals surface area contributed by atoms with Gasteiger partial charge < -0.3 is 27.8 Å². The molecule has 0 aromatic rings. The largest absolute Gasteiger partial charge is 0.500 e. The maximum atomic E-state index is 13.7. The van der Waals surface area contributed by atoms with Crippen LogP contribution in [0.15, 0.2) is 4.99 Å². The Morgan fingerprint density at radius 2 is 1.62 bits per heavy atom. The first-order chi connectivity index (χ1) is 18.9. The molecule has 0 aliphatic heterocycles. The summed E-state index contributed by atoms with van der Waals surface area (Å²) < 4.78 is 22.5. The second-order valence-corrected chi connectivity index (χ2v) is 15.5. The van der Waals surface area contributed by atoms with Gasteiger partial charge >= 0.3 is 14.9 Å². The topological polar surface area (TPSA) is 99.1 Å². The van der Waals surface area contributed by atoms with Crippen molar-refractivity contribution in [3.63, 3.8) is 0 Å². The van der Waals surface area contributed by atoms with E-state index in [-0.39, 0.29) is 29.0 Å². The summed E-state index contributed by atoms with van der Waals surface area (Å²) in [6.45, 7) is 15.6. The minimum atomic E-state index is -2.65. The highest BCUT2D eigenvalue weighted by atomic mass is 28.4. The maximum Gasteiger partial charge on any atom is 0.500 e. The Balaban J connectivity index is 3.03.